The molecule has 1 aliphatic heterocycles. The van der Waals surface area contributed by atoms with E-state index in [2.05, 4.69) is 10.2 Å². The zero-order valence-electron chi connectivity index (χ0n) is 17.1. The molecule has 2 aromatic rings. The van der Waals surface area contributed by atoms with Gasteiger partial charge in [0.25, 0.3) is 0 Å². The molecule has 1 fully saturated rings. The number of rotatable bonds is 4. The number of nitrogens with zero attached hydrogens (tertiary/aromatic N) is 2. The van der Waals surface area contributed by atoms with Crippen LogP contribution in [0.25, 0.3) is 0 Å². The second-order valence-corrected chi connectivity index (χ2v) is 9.35. The third-order valence-corrected chi connectivity index (χ3v) is 6.96. The van der Waals surface area contributed by atoms with Gasteiger partial charge in [-0.3, -0.25) is 9.69 Å². The monoisotopic (exact) mass is 505 g/mol. The fourth-order valence-electron chi connectivity index (χ4n) is 4.66. The normalized spacial score (nSPS) is 17.7. The van der Waals surface area contributed by atoms with Crippen LogP contribution in [0.1, 0.15) is 16.7 Å². The Labute approximate surface area is 203 Å². The summed E-state index contributed by atoms with van der Waals surface area (Å²) >= 11 is 18.5. The molecule has 2 aliphatic rings. The van der Waals surface area contributed by atoms with Crippen LogP contribution in [-0.4, -0.2) is 54.5 Å². The summed E-state index contributed by atoms with van der Waals surface area (Å²) in [4.78, 5) is 17.8. The molecule has 4 nitrogen and oxygen atoms in total. The third kappa shape index (κ3) is 4.97. The Morgan fingerprint density at radius 2 is 1.65 bits per heavy atom. The van der Waals surface area contributed by atoms with E-state index < -0.39 is 11.4 Å². The van der Waals surface area contributed by atoms with Crippen molar-refractivity contribution in [1.82, 2.24) is 15.1 Å². The highest BCUT2D eigenvalue weighted by atomic mass is 35.5. The quantitative estimate of drug-likeness (QED) is 0.657. The minimum atomic E-state index is -0.704. The van der Waals surface area contributed by atoms with Crippen molar-refractivity contribution in [3.63, 3.8) is 0 Å². The second-order valence-electron chi connectivity index (χ2n) is 8.10. The number of hydrogen-bond acceptors (Lipinski definition) is 3. The first-order chi connectivity index (χ1) is 14.3. The number of nitrogens with one attached hydrogen (secondary N) is 1. The molecule has 0 unspecified atom stereocenters. The lowest BCUT2D eigenvalue weighted by Gasteiger charge is -2.44. The number of halogens is 5. The molecule has 0 atom stereocenters. The highest BCUT2D eigenvalue weighted by Crippen LogP contribution is 2.40. The van der Waals surface area contributed by atoms with Gasteiger partial charge in [-0.25, -0.2) is 4.39 Å². The Morgan fingerprint density at radius 3 is 2.19 bits per heavy atom. The molecule has 0 aromatic heterocycles. The lowest BCUT2D eigenvalue weighted by atomic mass is 9.90. The first-order valence-corrected chi connectivity index (χ1v) is 11.0. The molecule has 0 spiro atoms. The molecular weight excluding hydrogens is 483 g/mol. The molecule has 0 radical (unpaired) electrons. The van der Waals surface area contributed by atoms with Gasteiger partial charge in [-0.2, -0.15) is 0 Å². The topological polar surface area (TPSA) is 35.6 Å². The van der Waals surface area contributed by atoms with E-state index in [1.165, 1.54) is 12.1 Å². The Morgan fingerprint density at radius 1 is 1.06 bits per heavy atom. The molecule has 1 saturated heterocycles. The van der Waals surface area contributed by atoms with Crippen LogP contribution in [0.15, 0.2) is 30.3 Å². The molecule has 9 heteroatoms. The average molecular weight is 507 g/mol. The highest BCUT2D eigenvalue weighted by molar-refractivity contribution is 6.42. The molecule has 0 bridgehead atoms. The summed E-state index contributed by atoms with van der Waals surface area (Å²) < 4.78 is 13.8. The minimum Gasteiger partial charge on any atom is -0.340 e. The van der Waals surface area contributed by atoms with E-state index >= 15 is 0 Å². The van der Waals surface area contributed by atoms with Crippen molar-refractivity contribution in [2.75, 3.05) is 33.2 Å². The standard InChI is InChI=1S/C22H23Cl3FN3O.ClH/c1-28(13-14-6-17(23)10-18(26)7-14)21(30)22(29-4-2-27-3-5-29)11-15-8-19(24)20(25)9-16(15)12-22;/h6-10,27H,2-5,11-13H2,1H3;1H. The summed E-state index contributed by atoms with van der Waals surface area (Å²) in [6, 6.07) is 8.12. The van der Waals surface area contributed by atoms with Crippen molar-refractivity contribution in [2.45, 2.75) is 24.9 Å². The minimum absolute atomic E-state index is 0. The summed E-state index contributed by atoms with van der Waals surface area (Å²) in [6.07, 6.45) is 1.15. The van der Waals surface area contributed by atoms with Gasteiger partial charge in [-0.05, 0) is 47.0 Å². The van der Waals surface area contributed by atoms with Crippen LogP contribution in [0.2, 0.25) is 15.1 Å². The van der Waals surface area contributed by atoms with E-state index in [1.807, 2.05) is 12.1 Å². The van der Waals surface area contributed by atoms with Gasteiger partial charge in [-0.1, -0.05) is 34.8 Å². The Kier molecular flexibility index (Phi) is 7.78. The van der Waals surface area contributed by atoms with Crippen LogP contribution < -0.4 is 5.32 Å². The summed E-state index contributed by atoms with van der Waals surface area (Å²) in [5, 5.41) is 4.67. The number of carbonyl (C=O) groups excluding carboxylic acids is 1. The number of benzene rings is 2. The van der Waals surface area contributed by atoms with E-state index in [0.717, 1.165) is 37.3 Å². The van der Waals surface area contributed by atoms with Gasteiger partial charge in [0.15, 0.2) is 0 Å². The summed E-state index contributed by atoms with van der Waals surface area (Å²) in [6.45, 7) is 3.50. The molecule has 2 aromatic carbocycles. The predicted molar refractivity (Wildman–Crippen MR) is 126 cm³/mol. The first kappa shape index (κ1) is 24.6. The number of amides is 1. The molecule has 4 rings (SSSR count). The van der Waals surface area contributed by atoms with Gasteiger partial charge in [0, 0.05) is 57.6 Å². The molecule has 1 N–H and O–H groups in total. The van der Waals surface area contributed by atoms with Crippen LogP contribution in [-0.2, 0) is 24.2 Å². The van der Waals surface area contributed by atoms with Crippen LogP contribution in [0.4, 0.5) is 4.39 Å². The van der Waals surface area contributed by atoms with Crippen molar-refractivity contribution >= 4 is 53.1 Å². The van der Waals surface area contributed by atoms with E-state index in [1.54, 1.807) is 18.0 Å². The average Bonchev–Trinajstić information content (AvgIpc) is 3.07. The third-order valence-electron chi connectivity index (χ3n) is 6.02. The largest absolute Gasteiger partial charge is 0.340 e. The van der Waals surface area contributed by atoms with Crippen molar-refractivity contribution < 1.29 is 9.18 Å². The molecule has 1 amide bonds. The molecule has 1 aliphatic carbocycles. The Bertz CT molecular complexity index is 930. The summed E-state index contributed by atoms with van der Waals surface area (Å²) in [7, 11) is 1.76. The number of fused-ring (bicyclic) bond motifs is 1. The number of hydrogen-bond donors (Lipinski definition) is 1. The van der Waals surface area contributed by atoms with Gasteiger partial charge in [-0.15, -0.1) is 12.4 Å². The van der Waals surface area contributed by atoms with Crippen LogP contribution in [0.5, 0.6) is 0 Å². The van der Waals surface area contributed by atoms with Crippen molar-refractivity contribution in [2.24, 2.45) is 0 Å². The Hall–Kier alpha value is -1.08. The van der Waals surface area contributed by atoms with Crippen molar-refractivity contribution in [1.29, 1.82) is 0 Å². The first-order valence-electron chi connectivity index (χ1n) is 9.91. The van der Waals surface area contributed by atoms with E-state index in [4.69, 9.17) is 34.8 Å². The van der Waals surface area contributed by atoms with Gasteiger partial charge in [0.05, 0.1) is 10.0 Å². The fraction of sp³-hybridized carbons (Fsp3) is 0.409. The summed E-state index contributed by atoms with van der Waals surface area (Å²) in [5.41, 5.74) is 2.06. The maximum Gasteiger partial charge on any atom is 0.243 e. The molecule has 0 saturated carbocycles. The van der Waals surface area contributed by atoms with Crippen molar-refractivity contribution in [3.05, 3.63) is 67.9 Å². The zero-order valence-corrected chi connectivity index (χ0v) is 20.1. The van der Waals surface area contributed by atoms with Gasteiger partial charge < -0.3 is 10.2 Å². The second kappa shape index (κ2) is 9.82. The summed E-state index contributed by atoms with van der Waals surface area (Å²) in [5.74, 6) is -0.402. The molecule has 31 heavy (non-hydrogen) atoms. The number of likely N-dealkylation sites (N-methyl/N-ethyl adjacent to an activating group) is 1. The van der Waals surface area contributed by atoms with Gasteiger partial charge >= 0.3 is 0 Å². The van der Waals surface area contributed by atoms with E-state index in [0.29, 0.717) is 33.5 Å². The zero-order chi connectivity index (χ0) is 21.5. The lowest BCUT2D eigenvalue weighted by Crippen LogP contribution is -2.63. The van der Waals surface area contributed by atoms with Gasteiger partial charge in [0.1, 0.15) is 11.4 Å². The maximum atomic E-state index is 13.9. The SMILES string of the molecule is CN(Cc1cc(F)cc(Cl)c1)C(=O)C1(N2CCNCC2)Cc2cc(Cl)c(Cl)cc2C1.Cl. The number of carbonyl (C=O) groups is 1. The maximum absolute atomic E-state index is 13.9. The fourth-order valence-corrected chi connectivity index (χ4v) is 5.27. The number of piperazine rings is 1. The van der Waals surface area contributed by atoms with Crippen LogP contribution >= 0.6 is 47.2 Å². The highest BCUT2D eigenvalue weighted by Gasteiger charge is 2.50. The van der Waals surface area contributed by atoms with E-state index in [9.17, 15) is 9.18 Å². The predicted octanol–water partition coefficient (Wildman–Crippen LogP) is 4.61. The van der Waals surface area contributed by atoms with Crippen LogP contribution in [0.3, 0.4) is 0 Å². The molecule has 1 heterocycles. The van der Waals surface area contributed by atoms with Gasteiger partial charge in [0.2, 0.25) is 5.91 Å². The van der Waals surface area contributed by atoms with Crippen LogP contribution in [0, 0.1) is 5.82 Å². The smallest absolute Gasteiger partial charge is 0.243 e. The van der Waals surface area contributed by atoms with E-state index in [-0.39, 0.29) is 24.9 Å². The molecule has 168 valence electrons. The lowest BCUT2D eigenvalue weighted by molar-refractivity contribution is -0.144. The Balaban J connectivity index is 0.00000272. The molecular formula is C22H24Cl4FN3O. The van der Waals surface area contributed by atoms with Crippen molar-refractivity contribution in [3.8, 4) is 0 Å².